The second-order valence-electron chi connectivity index (χ2n) is 12.2. The molecule has 3 fully saturated rings. The number of nitrogens with one attached hydrogen (secondary N) is 3. The molecule has 2 aromatic rings. The van der Waals surface area contributed by atoms with Crippen molar-refractivity contribution in [1.29, 1.82) is 0 Å². The maximum atomic E-state index is 15.1. The van der Waals surface area contributed by atoms with Gasteiger partial charge in [0.05, 0.1) is 31.4 Å². The van der Waals surface area contributed by atoms with Crippen LogP contribution in [0.4, 0.5) is 28.9 Å². The highest BCUT2D eigenvalue weighted by molar-refractivity contribution is 5.99. The van der Waals surface area contributed by atoms with Crippen LogP contribution < -0.4 is 20.9 Å². The minimum atomic E-state index is -4.59. The zero-order chi connectivity index (χ0) is 32.7. The molecule has 1 unspecified atom stereocenters. The Hall–Kier alpha value is -3.68. The van der Waals surface area contributed by atoms with Crippen LogP contribution in [0.25, 0.3) is 0 Å². The first-order chi connectivity index (χ1) is 21.3. The number of alkyl halides is 3. The van der Waals surface area contributed by atoms with Gasteiger partial charge in [0.1, 0.15) is 18.1 Å². The Balaban J connectivity index is 0.000000569. The van der Waals surface area contributed by atoms with Gasteiger partial charge in [0.25, 0.3) is 5.91 Å². The summed E-state index contributed by atoms with van der Waals surface area (Å²) in [4.78, 5) is 39.2. The lowest BCUT2D eigenvalue weighted by Gasteiger charge is -2.32. The largest absolute Gasteiger partial charge is 0.405 e. The van der Waals surface area contributed by atoms with Crippen molar-refractivity contribution >= 4 is 29.1 Å². The highest BCUT2D eigenvalue weighted by Gasteiger charge is 2.32. The summed E-state index contributed by atoms with van der Waals surface area (Å²) in [5, 5.41) is 10.8. The lowest BCUT2D eigenvalue weighted by Crippen LogP contribution is -2.39. The normalized spacial score (nSPS) is 17.3. The molecule has 45 heavy (non-hydrogen) atoms. The highest BCUT2D eigenvalue weighted by Crippen LogP contribution is 2.44. The Bertz CT molecular complexity index is 1320. The van der Waals surface area contributed by atoms with Crippen molar-refractivity contribution in [3.05, 3.63) is 41.5 Å². The van der Waals surface area contributed by atoms with E-state index in [9.17, 15) is 27.6 Å². The van der Waals surface area contributed by atoms with Gasteiger partial charge in [-0.1, -0.05) is 25.7 Å². The van der Waals surface area contributed by atoms with Crippen LogP contribution >= 0.6 is 0 Å². The summed E-state index contributed by atoms with van der Waals surface area (Å²) in [6, 6.07) is 3.78. The van der Waals surface area contributed by atoms with E-state index in [1.165, 1.54) is 41.8 Å². The number of hydrogen-bond acceptors (Lipinski definition) is 6. The van der Waals surface area contributed by atoms with E-state index in [4.69, 9.17) is 4.74 Å². The molecule has 3 amide bonds. The monoisotopic (exact) mass is 638 g/mol. The molecule has 1 aromatic heterocycles. The average Bonchev–Trinajstić information content (AvgIpc) is 3.95. The van der Waals surface area contributed by atoms with Crippen molar-refractivity contribution in [1.82, 2.24) is 20.4 Å². The number of morpholine rings is 1. The minimum absolute atomic E-state index is 0.0799. The Morgan fingerprint density at radius 1 is 1.02 bits per heavy atom. The zero-order valence-corrected chi connectivity index (χ0v) is 25.9. The Morgan fingerprint density at radius 3 is 2.24 bits per heavy atom. The summed E-state index contributed by atoms with van der Waals surface area (Å²) < 4.78 is 59.6. The second kappa shape index (κ2) is 15.1. The van der Waals surface area contributed by atoms with Gasteiger partial charge in [0.2, 0.25) is 11.8 Å². The summed E-state index contributed by atoms with van der Waals surface area (Å²) in [6.45, 7) is 4.59. The third kappa shape index (κ3) is 10.4. The van der Waals surface area contributed by atoms with Crippen LogP contribution in [0.15, 0.2) is 24.4 Å². The molecular formula is C31H42F4N6O4. The van der Waals surface area contributed by atoms with E-state index in [1.54, 1.807) is 37.0 Å². The van der Waals surface area contributed by atoms with Crippen LogP contribution in [0, 0.1) is 17.7 Å². The number of hydrogen-bond donors (Lipinski definition) is 3. The standard InChI is InChI=1S/C24H30F4N6O4.C7H12/c1-14(2)34-19(4-5-31-34)23(37)29-12-21(35)32-18-11-20(33-6-8-38-9-7-33)16(10-17(18)25)15(3)22(36)30-13-24(26,27)28;1-2-6(1)5-7-3-4-7/h4-5,10-11,14-15H,6-9,12-13H2,1-3H3,(H,29,37)(H,30,36)(H,32,35);6-7H,1-5H2. The molecule has 10 nitrogen and oxygen atoms in total. The molecule has 248 valence electrons. The molecule has 1 aliphatic heterocycles. The zero-order valence-electron chi connectivity index (χ0n) is 25.9. The lowest BCUT2D eigenvalue weighted by atomic mass is 9.96. The Kier molecular flexibility index (Phi) is 11.5. The molecule has 5 rings (SSSR count). The van der Waals surface area contributed by atoms with Crippen molar-refractivity contribution < 1.29 is 36.7 Å². The first-order valence-electron chi connectivity index (χ1n) is 15.4. The maximum Gasteiger partial charge on any atom is 0.405 e. The number of anilines is 2. The smallest absolute Gasteiger partial charge is 0.378 e. The fraction of sp³-hybridized carbons (Fsp3) is 0.613. The molecule has 3 aliphatic rings. The fourth-order valence-corrected chi connectivity index (χ4v) is 5.11. The van der Waals surface area contributed by atoms with Gasteiger partial charge in [-0.25, -0.2) is 4.39 Å². The van der Waals surface area contributed by atoms with Crippen molar-refractivity contribution in [3.63, 3.8) is 0 Å². The molecule has 1 atom stereocenters. The van der Waals surface area contributed by atoms with Crippen LogP contribution in [0.5, 0.6) is 0 Å². The van der Waals surface area contributed by atoms with Gasteiger partial charge in [-0.2, -0.15) is 18.3 Å². The molecule has 1 saturated heterocycles. The van der Waals surface area contributed by atoms with Crippen LogP contribution in [-0.2, 0) is 14.3 Å². The SMILES string of the molecule is C1CC1CC1CC1.CC(C(=O)NCC(F)(F)F)c1cc(F)c(NC(=O)CNC(=O)c2ccnn2C(C)C)cc1N1CCOCC1. The van der Waals surface area contributed by atoms with Gasteiger partial charge in [-0.15, -0.1) is 0 Å². The van der Waals surface area contributed by atoms with E-state index in [0.29, 0.717) is 32.0 Å². The van der Waals surface area contributed by atoms with E-state index >= 15 is 4.39 Å². The summed E-state index contributed by atoms with van der Waals surface area (Å²) in [6.07, 6.45) is 4.66. The number of ether oxygens (including phenoxy) is 1. The molecule has 2 saturated carbocycles. The van der Waals surface area contributed by atoms with Gasteiger partial charge in [0.15, 0.2) is 0 Å². The number of carbonyl (C=O) groups excluding carboxylic acids is 3. The van der Waals surface area contributed by atoms with Crippen molar-refractivity contribution in [2.45, 2.75) is 71.0 Å². The van der Waals surface area contributed by atoms with E-state index in [-0.39, 0.29) is 23.0 Å². The number of rotatable bonds is 11. The lowest BCUT2D eigenvalue weighted by molar-refractivity contribution is -0.139. The number of nitrogens with zero attached hydrogens (tertiary/aromatic N) is 3. The molecule has 3 N–H and O–H groups in total. The van der Waals surface area contributed by atoms with Crippen LogP contribution in [0.1, 0.15) is 80.9 Å². The van der Waals surface area contributed by atoms with Gasteiger partial charge in [-0.05, 0) is 62.8 Å². The first kappa shape index (κ1) is 34.2. The highest BCUT2D eigenvalue weighted by atomic mass is 19.4. The molecule has 0 bridgehead atoms. The van der Waals surface area contributed by atoms with Crippen molar-refractivity contribution in [2.75, 3.05) is 49.6 Å². The summed E-state index contributed by atoms with van der Waals surface area (Å²) in [7, 11) is 0. The summed E-state index contributed by atoms with van der Waals surface area (Å²) in [5.74, 6) is -1.78. The number of carbonyl (C=O) groups is 3. The number of benzene rings is 1. The van der Waals surface area contributed by atoms with Crippen LogP contribution in [0.3, 0.4) is 0 Å². The molecular weight excluding hydrogens is 596 g/mol. The van der Waals surface area contributed by atoms with Gasteiger partial charge in [-0.3, -0.25) is 19.1 Å². The quantitative estimate of drug-likeness (QED) is 0.305. The number of aromatic nitrogens is 2. The molecule has 2 aliphatic carbocycles. The molecule has 1 aromatic carbocycles. The molecule has 0 radical (unpaired) electrons. The third-order valence-electron chi connectivity index (χ3n) is 7.93. The van der Waals surface area contributed by atoms with Crippen molar-refractivity contribution in [3.8, 4) is 0 Å². The topological polar surface area (TPSA) is 118 Å². The second-order valence-corrected chi connectivity index (χ2v) is 12.2. The maximum absolute atomic E-state index is 15.1. The molecule has 0 spiro atoms. The minimum Gasteiger partial charge on any atom is -0.378 e. The van der Waals surface area contributed by atoms with E-state index in [1.807, 2.05) is 19.2 Å². The van der Waals surface area contributed by atoms with Gasteiger partial charge in [0, 0.05) is 31.0 Å². The first-order valence-corrected chi connectivity index (χ1v) is 15.4. The molecule has 14 heteroatoms. The predicted molar refractivity (Wildman–Crippen MR) is 161 cm³/mol. The fourth-order valence-electron chi connectivity index (χ4n) is 5.11. The number of halogens is 4. The van der Waals surface area contributed by atoms with E-state index < -0.39 is 48.7 Å². The number of amides is 3. The van der Waals surface area contributed by atoms with E-state index in [0.717, 1.165) is 6.07 Å². The average molecular weight is 639 g/mol. The predicted octanol–water partition coefficient (Wildman–Crippen LogP) is 4.79. The van der Waals surface area contributed by atoms with Gasteiger partial charge < -0.3 is 25.6 Å². The van der Waals surface area contributed by atoms with E-state index in [2.05, 4.69) is 15.7 Å². The summed E-state index contributed by atoms with van der Waals surface area (Å²) >= 11 is 0. The summed E-state index contributed by atoms with van der Waals surface area (Å²) in [5.41, 5.74) is 0.599. The Labute approximate surface area is 260 Å². The van der Waals surface area contributed by atoms with Crippen LogP contribution in [0.2, 0.25) is 0 Å². The van der Waals surface area contributed by atoms with Crippen molar-refractivity contribution in [2.24, 2.45) is 11.8 Å². The third-order valence-corrected chi connectivity index (χ3v) is 7.93. The van der Waals surface area contributed by atoms with Gasteiger partial charge >= 0.3 is 6.18 Å². The molecule has 2 heterocycles. The Morgan fingerprint density at radius 2 is 1.67 bits per heavy atom. The van der Waals surface area contributed by atoms with Crippen LogP contribution in [-0.4, -0.2) is 73.1 Å².